The van der Waals surface area contributed by atoms with Gasteiger partial charge in [-0.15, -0.1) is 0 Å². The molecule has 1 fully saturated rings. The molecule has 172 valence electrons. The van der Waals surface area contributed by atoms with E-state index in [-0.39, 0.29) is 22.7 Å². The van der Waals surface area contributed by atoms with Crippen LogP contribution < -0.4 is 20.3 Å². The van der Waals surface area contributed by atoms with E-state index in [4.69, 9.17) is 16.3 Å². The lowest BCUT2D eigenvalue weighted by Crippen LogP contribution is -2.34. The number of anilines is 2. The molecule has 7 nitrogen and oxygen atoms in total. The molecule has 1 aliphatic heterocycles. The number of benzene rings is 2. The van der Waals surface area contributed by atoms with Gasteiger partial charge in [0.05, 0.1) is 12.8 Å². The Morgan fingerprint density at radius 2 is 1.70 bits per heavy atom. The zero-order valence-electron chi connectivity index (χ0n) is 18.4. The average Bonchev–Trinajstić information content (AvgIpc) is 3.01. The van der Waals surface area contributed by atoms with Crippen molar-refractivity contribution in [2.75, 3.05) is 17.3 Å². The van der Waals surface area contributed by atoms with Crippen LogP contribution in [-0.4, -0.2) is 30.9 Å². The summed E-state index contributed by atoms with van der Waals surface area (Å²) in [4.78, 5) is 39.4. The normalized spacial score (nSPS) is 17.2. The lowest BCUT2D eigenvalue weighted by molar-refractivity contribution is -0.120. The van der Waals surface area contributed by atoms with E-state index in [1.54, 1.807) is 48.5 Å². The van der Waals surface area contributed by atoms with Gasteiger partial charge in [0.15, 0.2) is 0 Å². The van der Waals surface area contributed by atoms with Crippen LogP contribution in [0.2, 0.25) is 0 Å². The van der Waals surface area contributed by atoms with Crippen LogP contribution in [-0.2, 0) is 9.59 Å². The first-order valence-corrected chi connectivity index (χ1v) is 11.5. The summed E-state index contributed by atoms with van der Waals surface area (Å²) in [6.07, 6.45) is 6.65. The molecule has 0 unspecified atom stereocenters. The molecule has 1 saturated carbocycles. The van der Waals surface area contributed by atoms with Crippen LogP contribution >= 0.6 is 11.6 Å². The van der Waals surface area contributed by atoms with E-state index in [9.17, 15) is 14.4 Å². The van der Waals surface area contributed by atoms with Crippen LogP contribution in [0.1, 0.15) is 48.9 Å². The lowest BCUT2D eigenvalue weighted by Gasteiger charge is -2.17. The van der Waals surface area contributed by atoms with Crippen molar-refractivity contribution in [2.24, 2.45) is 0 Å². The van der Waals surface area contributed by atoms with Gasteiger partial charge in [-0.25, -0.2) is 4.90 Å². The lowest BCUT2D eigenvalue weighted by atomic mass is 10.1. The summed E-state index contributed by atoms with van der Waals surface area (Å²) in [5.74, 6) is -0.728. The van der Waals surface area contributed by atoms with Gasteiger partial charge in [0.2, 0.25) is 0 Å². The van der Waals surface area contributed by atoms with E-state index in [1.165, 1.54) is 20.0 Å². The summed E-state index contributed by atoms with van der Waals surface area (Å²) in [6.45, 7) is 0. The highest BCUT2D eigenvalue weighted by atomic mass is 35.5. The van der Waals surface area contributed by atoms with Gasteiger partial charge in [0.25, 0.3) is 17.7 Å². The number of nitrogens with zero attached hydrogens (tertiary/aromatic N) is 1. The maximum absolute atomic E-state index is 13.0. The van der Waals surface area contributed by atoms with E-state index in [2.05, 4.69) is 10.6 Å². The highest BCUT2D eigenvalue weighted by molar-refractivity contribution is 6.53. The van der Waals surface area contributed by atoms with Crippen molar-refractivity contribution >= 4 is 40.7 Å². The third-order valence-electron chi connectivity index (χ3n) is 5.94. The number of nitrogens with one attached hydrogen (secondary N) is 2. The second-order valence-electron chi connectivity index (χ2n) is 8.20. The Labute approximate surface area is 197 Å². The second kappa shape index (κ2) is 10.1. The molecule has 0 aromatic heterocycles. The van der Waals surface area contributed by atoms with Crippen LogP contribution in [0.4, 0.5) is 11.4 Å². The number of methoxy groups -OCH3 is 1. The van der Waals surface area contributed by atoms with Gasteiger partial charge in [-0.05, 0) is 55.3 Å². The molecule has 2 N–H and O–H groups in total. The zero-order valence-corrected chi connectivity index (χ0v) is 19.2. The first-order valence-electron chi connectivity index (χ1n) is 11.1. The van der Waals surface area contributed by atoms with E-state index in [0.717, 1.165) is 30.6 Å². The Morgan fingerprint density at radius 1 is 1.00 bits per heavy atom. The molecule has 0 radical (unpaired) electrons. The maximum atomic E-state index is 13.0. The zero-order chi connectivity index (χ0) is 23.4. The number of ether oxygens (including phenoxy) is 1. The number of amides is 3. The SMILES string of the molecule is COc1ccc(N2C(=O)C(Cl)=C(Nc3cccc(C(=O)NC4CCCCCC4)c3)C2=O)cc1. The minimum absolute atomic E-state index is 0.0289. The molecule has 2 aromatic rings. The quantitative estimate of drug-likeness (QED) is 0.479. The van der Waals surface area contributed by atoms with Gasteiger partial charge in [-0.1, -0.05) is 43.4 Å². The van der Waals surface area contributed by atoms with E-state index in [0.29, 0.717) is 22.7 Å². The predicted molar refractivity (Wildman–Crippen MR) is 127 cm³/mol. The second-order valence-corrected chi connectivity index (χ2v) is 8.58. The summed E-state index contributed by atoms with van der Waals surface area (Å²) in [5.41, 5.74) is 1.33. The molecule has 0 atom stereocenters. The number of rotatable bonds is 6. The molecule has 8 heteroatoms. The minimum atomic E-state index is -0.614. The van der Waals surface area contributed by atoms with Gasteiger partial charge in [0.1, 0.15) is 16.5 Å². The molecular formula is C25H26ClN3O4. The van der Waals surface area contributed by atoms with Crippen LogP contribution in [0.3, 0.4) is 0 Å². The Bertz CT molecular complexity index is 1090. The Kier molecular flexibility index (Phi) is 6.99. The van der Waals surface area contributed by atoms with Gasteiger partial charge in [0, 0.05) is 17.3 Å². The van der Waals surface area contributed by atoms with Gasteiger partial charge in [-0.2, -0.15) is 0 Å². The first kappa shape index (κ1) is 22.9. The van der Waals surface area contributed by atoms with Crippen molar-refractivity contribution in [3.8, 4) is 5.75 Å². The molecule has 0 bridgehead atoms. The molecule has 2 aliphatic rings. The number of hydrogen-bond donors (Lipinski definition) is 2. The maximum Gasteiger partial charge on any atom is 0.283 e. The third kappa shape index (κ3) is 5.03. The summed E-state index contributed by atoms with van der Waals surface area (Å²) < 4.78 is 5.12. The van der Waals surface area contributed by atoms with Crippen LogP contribution in [0, 0.1) is 0 Å². The van der Waals surface area contributed by atoms with Gasteiger partial charge >= 0.3 is 0 Å². The van der Waals surface area contributed by atoms with Crippen molar-refractivity contribution in [2.45, 2.75) is 44.6 Å². The van der Waals surface area contributed by atoms with Crippen molar-refractivity contribution in [1.29, 1.82) is 0 Å². The molecule has 3 amide bonds. The van der Waals surface area contributed by atoms with Gasteiger partial charge < -0.3 is 15.4 Å². The summed E-state index contributed by atoms with van der Waals surface area (Å²) >= 11 is 6.22. The Morgan fingerprint density at radius 3 is 2.36 bits per heavy atom. The fourth-order valence-electron chi connectivity index (χ4n) is 4.15. The Hall–Kier alpha value is -3.32. The topological polar surface area (TPSA) is 87.7 Å². The van der Waals surface area contributed by atoms with Crippen LogP contribution in [0.15, 0.2) is 59.3 Å². The van der Waals surface area contributed by atoms with Crippen molar-refractivity contribution in [1.82, 2.24) is 5.32 Å². The fraction of sp³-hybridized carbons (Fsp3) is 0.320. The number of halogens is 1. The molecule has 1 aliphatic carbocycles. The van der Waals surface area contributed by atoms with Crippen LogP contribution in [0.5, 0.6) is 5.75 Å². The molecular weight excluding hydrogens is 442 g/mol. The molecule has 0 spiro atoms. The fourth-order valence-corrected chi connectivity index (χ4v) is 4.36. The minimum Gasteiger partial charge on any atom is -0.497 e. The summed E-state index contributed by atoms with van der Waals surface area (Å²) in [7, 11) is 1.53. The largest absolute Gasteiger partial charge is 0.497 e. The monoisotopic (exact) mass is 467 g/mol. The highest BCUT2D eigenvalue weighted by Crippen LogP contribution is 2.31. The first-order chi connectivity index (χ1) is 16.0. The third-order valence-corrected chi connectivity index (χ3v) is 6.29. The van der Waals surface area contributed by atoms with Crippen LogP contribution in [0.25, 0.3) is 0 Å². The van der Waals surface area contributed by atoms with E-state index in [1.807, 2.05) is 0 Å². The molecule has 2 aromatic carbocycles. The number of carbonyl (C=O) groups excluding carboxylic acids is 3. The molecule has 1 heterocycles. The van der Waals surface area contributed by atoms with Crippen molar-refractivity contribution in [3.63, 3.8) is 0 Å². The highest BCUT2D eigenvalue weighted by Gasteiger charge is 2.39. The standard InChI is InChI=1S/C25H26ClN3O4/c1-33-20-13-11-19(12-14-20)29-24(31)21(26)22(25(29)32)27-18-10-6-7-16(15-18)23(30)28-17-8-4-2-3-5-9-17/h6-7,10-15,17,27H,2-5,8-9H2,1H3,(H,28,30). The number of imide groups is 1. The number of carbonyl (C=O) groups is 3. The summed E-state index contributed by atoms with van der Waals surface area (Å²) in [5, 5.41) is 5.84. The molecule has 33 heavy (non-hydrogen) atoms. The van der Waals surface area contributed by atoms with E-state index >= 15 is 0 Å². The smallest absolute Gasteiger partial charge is 0.283 e. The average molecular weight is 468 g/mol. The van der Waals surface area contributed by atoms with E-state index < -0.39 is 11.8 Å². The molecule has 4 rings (SSSR count). The number of hydrogen-bond acceptors (Lipinski definition) is 5. The Balaban J connectivity index is 1.48. The van der Waals surface area contributed by atoms with Crippen molar-refractivity contribution < 1.29 is 19.1 Å². The van der Waals surface area contributed by atoms with Crippen molar-refractivity contribution in [3.05, 3.63) is 64.8 Å². The predicted octanol–water partition coefficient (Wildman–Crippen LogP) is 4.58. The van der Waals surface area contributed by atoms with Gasteiger partial charge in [-0.3, -0.25) is 14.4 Å². The molecule has 0 saturated heterocycles. The summed E-state index contributed by atoms with van der Waals surface area (Å²) in [6, 6.07) is 13.5.